The van der Waals surface area contributed by atoms with Gasteiger partial charge in [-0.05, 0) is 36.8 Å². The number of nitrogens with zero attached hydrogens (tertiary/aromatic N) is 1. The van der Waals surface area contributed by atoms with Gasteiger partial charge in [0.15, 0.2) is 0 Å². The number of methoxy groups -OCH3 is 2. The highest BCUT2D eigenvalue weighted by atomic mass is 19.1. The number of halogens is 1. The molecular weight excluding hydrogens is 399 g/mol. The molecule has 2 unspecified atom stereocenters. The van der Waals surface area contributed by atoms with Gasteiger partial charge in [-0.15, -0.1) is 0 Å². The Morgan fingerprint density at radius 1 is 1.13 bits per heavy atom. The van der Waals surface area contributed by atoms with Crippen molar-refractivity contribution >= 4 is 11.8 Å². The first-order valence-electron chi connectivity index (χ1n) is 10.5. The molecule has 3 rings (SSSR count). The second kappa shape index (κ2) is 10.3. The molecule has 0 saturated carbocycles. The van der Waals surface area contributed by atoms with Gasteiger partial charge in [-0.3, -0.25) is 9.59 Å². The van der Waals surface area contributed by atoms with Gasteiger partial charge in [-0.25, -0.2) is 4.39 Å². The van der Waals surface area contributed by atoms with Crippen molar-refractivity contribution in [3.63, 3.8) is 0 Å². The average Bonchev–Trinajstić information content (AvgIpc) is 3.24. The fourth-order valence-corrected chi connectivity index (χ4v) is 4.00. The zero-order chi connectivity index (χ0) is 22.4. The van der Waals surface area contributed by atoms with Crippen LogP contribution in [0.3, 0.4) is 0 Å². The quantitative estimate of drug-likeness (QED) is 0.652. The molecule has 1 N–H and O–H groups in total. The molecule has 0 aliphatic carbocycles. The summed E-state index contributed by atoms with van der Waals surface area (Å²) in [6.45, 7) is 3.12. The van der Waals surface area contributed by atoms with E-state index < -0.39 is 17.6 Å². The second-order valence-corrected chi connectivity index (χ2v) is 7.66. The highest BCUT2D eigenvalue weighted by Crippen LogP contribution is 2.40. The maximum absolute atomic E-state index is 14.2. The number of benzene rings is 2. The summed E-state index contributed by atoms with van der Waals surface area (Å²) in [5.74, 6) is -0.631. The summed E-state index contributed by atoms with van der Waals surface area (Å²) in [7, 11) is 3.14. The van der Waals surface area contributed by atoms with Crippen LogP contribution < -0.4 is 14.8 Å². The third-order valence-electron chi connectivity index (χ3n) is 5.71. The van der Waals surface area contributed by atoms with Crippen LogP contribution in [-0.4, -0.2) is 50.6 Å². The van der Waals surface area contributed by atoms with Gasteiger partial charge in [0, 0.05) is 31.1 Å². The molecule has 0 spiro atoms. The molecule has 1 aliphatic heterocycles. The molecule has 0 bridgehead atoms. The normalized spacial score (nSPS) is 18.0. The Balaban J connectivity index is 1.94. The third-order valence-corrected chi connectivity index (χ3v) is 5.71. The van der Waals surface area contributed by atoms with Crippen molar-refractivity contribution in [2.75, 3.05) is 33.9 Å². The molecule has 1 aliphatic rings. The molecule has 2 aromatic carbocycles. The van der Waals surface area contributed by atoms with Gasteiger partial charge < -0.3 is 19.7 Å². The van der Waals surface area contributed by atoms with Crippen molar-refractivity contribution in [2.45, 2.75) is 25.7 Å². The Kier molecular flexibility index (Phi) is 7.50. The van der Waals surface area contributed by atoms with Crippen LogP contribution in [-0.2, 0) is 4.79 Å². The highest BCUT2D eigenvalue weighted by molar-refractivity contribution is 5.95. The lowest BCUT2D eigenvalue weighted by atomic mass is 9.87. The van der Waals surface area contributed by atoms with E-state index in [9.17, 15) is 14.0 Å². The maximum atomic E-state index is 14.2. The molecule has 166 valence electrons. The maximum Gasteiger partial charge on any atom is 0.256 e. The lowest BCUT2D eigenvalue weighted by Crippen LogP contribution is -2.36. The molecule has 1 fully saturated rings. The number of carbonyl (C=O) groups is 2. The molecule has 1 heterocycles. The van der Waals surface area contributed by atoms with Crippen LogP contribution in [0.4, 0.5) is 4.39 Å². The van der Waals surface area contributed by atoms with E-state index in [-0.39, 0.29) is 30.5 Å². The van der Waals surface area contributed by atoms with Crippen molar-refractivity contribution in [2.24, 2.45) is 5.92 Å². The summed E-state index contributed by atoms with van der Waals surface area (Å²) in [4.78, 5) is 27.6. The first-order valence-corrected chi connectivity index (χ1v) is 10.5. The van der Waals surface area contributed by atoms with Crippen LogP contribution in [0.2, 0.25) is 0 Å². The standard InChI is InChI=1S/C24H29FN2O4/c1-4-5-12-26-23(28)20-15-27(24(29)17-8-6-7-9-21(17)25)14-19(20)18-13-16(30-2)10-11-22(18)31-3/h6-11,13,19-20H,4-5,12,14-15H2,1-3H3,(H,26,28). The topological polar surface area (TPSA) is 67.9 Å². The molecule has 7 heteroatoms. The number of hydrogen-bond acceptors (Lipinski definition) is 4. The van der Waals surface area contributed by atoms with Crippen LogP contribution in [0.1, 0.15) is 41.6 Å². The Bertz CT molecular complexity index is 934. The molecule has 1 saturated heterocycles. The van der Waals surface area contributed by atoms with E-state index in [4.69, 9.17) is 9.47 Å². The Morgan fingerprint density at radius 3 is 2.58 bits per heavy atom. The van der Waals surface area contributed by atoms with Crippen molar-refractivity contribution in [3.8, 4) is 11.5 Å². The number of nitrogens with one attached hydrogen (secondary N) is 1. The summed E-state index contributed by atoms with van der Waals surface area (Å²) in [5, 5.41) is 2.98. The SMILES string of the molecule is CCCCNC(=O)C1CN(C(=O)c2ccccc2F)CC1c1cc(OC)ccc1OC. The molecule has 2 aromatic rings. The molecule has 6 nitrogen and oxygen atoms in total. The minimum Gasteiger partial charge on any atom is -0.497 e. The lowest BCUT2D eigenvalue weighted by Gasteiger charge is -2.21. The average molecular weight is 429 g/mol. The summed E-state index contributed by atoms with van der Waals surface area (Å²) in [6, 6.07) is 11.3. The van der Waals surface area contributed by atoms with E-state index in [0.29, 0.717) is 18.0 Å². The third kappa shape index (κ3) is 4.98. The fourth-order valence-electron chi connectivity index (χ4n) is 4.00. The Morgan fingerprint density at radius 2 is 1.90 bits per heavy atom. The van der Waals surface area contributed by atoms with Crippen LogP contribution in [0.15, 0.2) is 42.5 Å². The van der Waals surface area contributed by atoms with Crippen molar-refractivity contribution in [3.05, 3.63) is 59.4 Å². The monoisotopic (exact) mass is 428 g/mol. The minimum atomic E-state index is -0.571. The molecule has 2 atom stereocenters. The molecule has 2 amide bonds. The minimum absolute atomic E-state index is 0.00546. The molecule has 31 heavy (non-hydrogen) atoms. The lowest BCUT2D eigenvalue weighted by molar-refractivity contribution is -0.124. The Hall–Kier alpha value is -3.09. The zero-order valence-electron chi connectivity index (χ0n) is 18.2. The number of likely N-dealkylation sites (tertiary alicyclic amines) is 1. The van der Waals surface area contributed by atoms with Gasteiger partial charge in [0.1, 0.15) is 17.3 Å². The number of carbonyl (C=O) groups excluding carboxylic acids is 2. The van der Waals surface area contributed by atoms with E-state index >= 15 is 0 Å². The van der Waals surface area contributed by atoms with E-state index in [1.54, 1.807) is 43.4 Å². The van der Waals surface area contributed by atoms with Gasteiger partial charge in [-0.1, -0.05) is 25.5 Å². The number of amides is 2. The second-order valence-electron chi connectivity index (χ2n) is 7.66. The number of ether oxygens (including phenoxy) is 2. The van der Waals surface area contributed by atoms with E-state index in [1.165, 1.54) is 12.1 Å². The van der Waals surface area contributed by atoms with Crippen molar-refractivity contribution in [1.82, 2.24) is 10.2 Å². The number of rotatable bonds is 8. The molecular formula is C24H29FN2O4. The van der Waals surface area contributed by atoms with Crippen LogP contribution in [0, 0.1) is 11.7 Å². The summed E-state index contributed by atoms with van der Waals surface area (Å²) in [5.41, 5.74) is 0.798. The van der Waals surface area contributed by atoms with Gasteiger partial charge in [-0.2, -0.15) is 0 Å². The fraction of sp³-hybridized carbons (Fsp3) is 0.417. The van der Waals surface area contributed by atoms with E-state index in [0.717, 1.165) is 18.4 Å². The number of hydrogen-bond donors (Lipinski definition) is 1. The summed E-state index contributed by atoms with van der Waals surface area (Å²) >= 11 is 0. The first-order chi connectivity index (χ1) is 15.0. The van der Waals surface area contributed by atoms with Crippen LogP contribution in [0.5, 0.6) is 11.5 Å². The van der Waals surface area contributed by atoms with Gasteiger partial charge in [0.25, 0.3) is 5.91 Å². The summed E-state index contributed by atoms with van der Waals surface area (Å²) < 4.78 is 25.1. The van der Waals surface area contributed by atoms with Gasteiger partial charge in [0.05, 0.1) is 25.7 Å². The zero-order valence-corrected chi connectivity index (χ0v) is 18.2. The predicted octanol–water partition coefficient (Wildman–Crippen LogP) is 3.62. The first kappa shape index (κ1) is 22.6. The highest BCUT2D eigenvalue weighted by Gasteiger charge is 2.42. The number of unbranched alkanes of at least 4 members (excludes halogenated alkanes) is 1. The van der Waals surface area contributed by atoms with E-state index in [2.05, 4.69) is 12.2 Å². The van der Waals surface area contributed by atoms with Crippen molar-refractivity contribution in [1.29, 1.82) is 0 Å². The van der Waals surface area contributed by atoms with Gasteiger partial charge in [0.2, 0.25) is 5.91 Å². The van der Waals surface area contributed by atoms with Gasteiger partial charge >= 0.3 is 0 Å². The van der Waals surface area contributed by atoms with Crippen LogP contribution in [0.25, 0.3) is 0 Å². The van der Waals surface area contributed by atoms with Crippen LogP contribution >= 0.6 is 0 Å². The summed E-state index contributed by atoms with van der Waals surface area (Å²) in [6.07, 6.45) is 1.85. The predicted molar refractivity (Wildman–Crippen MR) is 116 cm³/mol. The molecule has 0 radical (unpaired) electrons. The Labute approximate surface area is 182 Å². The molecule has 0 aromatic heterocycles. The largest absolute Gasteiger partial charge is 0.497 e. The van der Waals surface area contributed by atoms with Crippen molar-refractivity contribution < 1.29 is 23.5 Å². The smallest absolute Gasteiger partial charge is 0.256 e. The van der Waals surface area contributed by atoms with E-state index in [1.807, 2.05) is 6.07 Å².